The number of nitrogens with zero attached hydrogens (tertiary/aromatic N) is 2. The second kappa shape index (κ2) is 10.4. The smallest absolute Gasteiger partial charge is 0.325 e. The van der Waals surface area contributed by atoms with Gasteiger partial charge in [0.2, 0.25) is 11.3 Å². The molecule has 4 aromatic rings. The van der Waals surface area contributed by atoms with Crippen molar-refractivity contribution in [1.82, 2.24) is 5.27 Å². The van der Waals surface area contributed by atoms with Crippen LogP contribution in [0, 0.1) is 0 Å². The van der Waals surface area contributed by atoms with Crippen LogP contribution in [0.2, 0.25) is 0 Å². The van der Waals surface area contributed by atoms with E-state index in [0.29, 0.717) is 6.42 Å². The highest BCUT2D eigenvalue weighted by Gasteiger charge is 2.30. The molecular weight excluding hydrogens is 459 g/mol. The van der Waals surface area contributed by atoms with E-state index in [9.17, 15) is 18.0 Å². The fourth-order valence-electron chi connectivity index (χ4n) is 3.55. The van der Waals surface area contributed by atoms with Gasteiger partial charge >= 0.3 is 18.1 Å². The van der Waals surface area contributed by atoms with Gasteiger partial charge in [-0.05, 0) is 39.6 Å². The Bertz CT molecular complexity index is 1270. The van der Waals surface area contributed by atoms with Crippen molar-refractivity contribution in [3.05, 3.63) is 96.2 Å². The van der Waals surface area contributed by atoms with Gasteiger partial charge in [-0.1, -0.05) is 60.7 Å². The van der Waals surface area contributed by atoms with Crippen LogP contribution in [0.5, 0.6) is 0 Å². The number of nitrogens with one attached hydrogen (secondary N) is 2. The van der Waals surface area contributed by atoms with Gasteiger partial charge in [0.1, 0.15) is 0 Å². The van der Waals surface area contributed by atoms with E-state index in [0.717, 1.165) is 28.8 Å². The number of aromatic nitrogens is 2. The summed E-state index contributed by atoms with van der Waals surface area (Å²) >= 11 is 0. The van der Waals surface area contributed by atoms with E-state index in [1.807, 2.05) is 54.6 Å². The van der Waals surface area contributed by atoms with Crippen molar-refractivity contribution < 1.29 is 27.2 Å². The molecule has 0 spiro atoms. The second-order valence-electron chi connectivity index (χ2n) is 7.86. The molecule has 2 amide bonds. The van der Waals surface area contributed by atoms with E-state index < -0.39 is 17.8 Å². The van der Waals surface area contributed by atoms with E-state index >= 15 is 0 Å². The molecule has 1 unspecified atom stereocenters. The Labute approximate surface area is 199 Å². The predicted molar refractivity (Wildman–Crippen MR) is 124 cm³/mol. The Morgan fingerprint density at radius 3 is 2.37 bits per heavy atom. The quantitative estimate of drug-likeness (QED) is 0.322. The number of rotatable bonds is 7. The third-order valence-corrected chi connectivity index (χ3v) is 5.35. The molecule has 0 aliphatic carbocycles. The molecule has 1 heterocycles. The molecule has 0 aliphatic heterocycles. The van der Waals surface area contributed by atoms with Crippen molar-refractivity contribution in [2.24, 2.45) is 5.73 Å². The van der Waals surface area contributed by atoms with Crippen LogP contribution in [-0.2, 0) is 12.6 Å². The molecule has 3 aromatic carbocycles. The van der Waals surface area contributed by atoms with Crippen LogP contribution in [0.15, 0.2) is 89.6 Å². The molecule has 0 radical (unpaired) electrons. The largest absolute Gasteiger partial charge is 0.416 e. The minimum atomic E-state index is -4.51. The van der Waals surface area contributed by atoms with Gasteiger partial charge in [0, 0.05) is 12.1 Å². The van der Waals surface area contributed by atoms with E-state index in [4.69, 9.17) is 10.3 Å². The lowest BCUT2D eigenvalue weighted by atomic mass is 10.0. The zero-order chi connectivity index (χ0) is 24.8. The molecule has 1 atom stereocenters. The van der Waals surface area contributed by atoms with Gasteiger partial charge in [0.25, 0.3) is 6.20 Å². The van der Waals surface area contributed by atoms with Crippen molar-refractivity contribution in [2.45, 2.75) is 18.6 Å². The number of nitrogens with two attached hydrogens (primary N) is 1. The number of benzene rings is 3. The number of hydrogen-bond donors (Lipinski definition) is 3. The summed E-state index contributed by atoms with van der Waals surface area (Å²) in [4.78, 5) is 12.2. The van der Waals surface area contributed by atoms with Crippen LogP contribution in [0.1, 0.15) is 17.2 Å². The summed E-state index contributed by atoms with van der Waals surface area (Å²) in [6.45, 7) is 0.271. The maximum atomic E-state index is 12.9. The summed E-state index contributed by atoms with van der Waals surface area (Å²) < 4.78 is 45.2. The monoisotopic (exact) mass is 482 g/mol. The molecule has 0 fully saturated rings. The number of carbonyl (C=O) groups excluding carboxylic acids is 1. The highest BCUT2D eigenvalue weighted by Crippen LogP contribution is 2.30. The molecule has 0 bridgehead atoms. The first-order chi connectivity index (χ1) is 16.8. The lowest BCUT2D eigenvalue weighted by Crippen LogP contribution is -2.45. The number of urea groups is 1. The molecule has 4 N–H and O–H groups in total. The number of anilines is 2. The Balaban J connectivity index is 1.37. The van der Waals surface area contributed by atoms with Crippen LogP contribution in [0.25, 0.3) is 11.1 Å². The SMILES string of the molecule is NCC(Cc1ccc(-c2ccccc2)cc1)[n+]1cc(NC(=O)Nc2cccc(C(F)(F)F)c2)on1. The normalized spacial score (nSPS) is 12.2. The van der Waals surface area contributed by atoms with Crippen LogP contribution in [0.4, 0.5) is 29.5 Å². The topological polar surface area (TPSA) is 97.1 Å². The molecule has 1 aromatic heterocycles. The number of carbonyl (C=O) groups is 1. The summed E-state index contributed by atoms with van der Waals surface area (Å²) in [5, 5.41) is 8.68. The van der Waals surface area contributed by atoms with Crippen LogP contribution < -0.4 is 21.0 Å². The second-order valence-corrected chi connectivity index (χ2v) is 7.86. The Morgan fingerprint density at radius 1 is 0.971 bits per heavy atom. The summed E-state index contributed by atoms with van der Waals surface area (Å²) in [5.74, 6) is 0.0207. The first kappa shape index (κ1) is 24.0. The fourth-order valence-corrected chi connectivity index (χ4v) is 3.55. The van der Waals surface area contributed by atoms with E-state index in [2.05, 4.69) is 15.9 Å². The van der Waals surface area contributed by atoms with Crippen molar-refractivity contribution in [3.63, 3.8) is 0 Å². The van der Waals surface area contributed by atoms with E-state index in [1.165, 1.54) is 23.0 Å². The van der Waals surface area contributed by atoms with Crippen molar-refractivity contribution in [1.29, 1.82) is 0 Å². The van der Waals surface area contributed by atoms with Crippen molar-refractivity contribution in [2.75, 3.05) is 17.2 Å². The molecule has 180 valence electrons. The predicted octanol–water partition coefficient (Wildman–Crippen LogP) is 5.03. The molecule has 0 aliphatic rings. The maximum Gasteiger partial charge on any atom is 0.416 e. The van der Waals surface area contributed by atoms with Crippen molar-refractivity contribution >= 4 is 17.6 Å². The molecular formula is C25H23F3N5O2+. The van der Waals surface area contributed by atoms with Gasteiger partial charge in [-0.2, -0.15) is 13.2 Å². The molecule has 0 saturated carbocycles. The van der Waals surface area contributed by atoms with Gasteiger partial charge < -0.3 is 11.1 Å². The standard InChI is InChI=1S/C25H22F3N5O2/c26-25(27,28)20-7-4-8-21(14-20)30-24(34)31-23-16-33(32-35-23)22(15-29)13-17-9-11-19(12-10-17)18-5-2-1-3-6-18/h1-12,14,16,22H,13,15,29H2,(H-,30,31,32,34)/p+1. The molecule has 7 nitrogen and oxygen atoms in total. The van der Waals surface area contributed by atoms with E-state index in [1.54, 1.807) is 0 Å². The fraction of sp³-hybridized carbons (Fsp3) is 0.160. The minimum absolute atomic E-state index is 0.0106. The molecule has 0 saturated heterocycles. The van der Waals surface area contributed by atoms with E-state index in [-0.39, 0.29) is 24.2 Å². The number of alkyl halides is 3. The minimum Gasteiger partial charge on any atom is -0.325 e. The van der Waals surface area contributed by atoms with Crippen molar-refractivity contribution in [3.8, 4) is 11.1 Å². The summed E-state index contributed by atoms with van der Waals surface area (Å²) in [6, 6.07) is 21.5. The van der Waals surface area contributed by atoms with Gasteiger partial charge in [-0.15, -0.1) is 0 Å². The van der Waals surface area contributed by atoms with Crippen LogP contribution in [0.3, 0.4) is 0 Å². The molecule has 4 rings (SSSR count). The van der Waals surface area contributed by atoms with Gasteiger partial charge in [-0.25, -0.2) is 4.79 Å². The van der Waals surface area contributed by atoms with Gasteiger partial charge in [0.05, 0.1) is 12.1 Å². The maximum absolute atomic E-state index is 12.9. The zero-order valence-electron chi connectivity index (χ0n) is 18.5. The first-order valence-electron chi connectivity index (χ1n) is 10.8. The highest BCUT2D eigenvalue weighted by atomic mass is 19.4. The highest BCUT2D eigenvalue weighted by molar-refractivity contribution is 5.98. The first-order valence-corrected chi connectivity index (χ1v) is 10.8. The zero-order valence-corrected chi connectivity index (χ0v) is 18.5. The third kappa shape index (κ3) is 6.24. The van der Waals surface area contributed by atoms with Gasteiger partial charge in [0.15, 0.2) is 0 Å². The summed E-state index contributed by atoms with van der Waals surface area (Å²) in [7, 11) is 0. The lowest BCUT2D eigenvalue weighted by Gasteiger charge is -2.09. The molecule has 35 heavy (non-hydrogen) atoms. The number of halogens is 3. The van der Waals surface area contributed by atoms with Gasteiger partial charge in [-0.3, -0.25) is 9.84 Å². The third-order valence-electron chi connectivity index (χ3n) is 5.35. The van der Waals surface area contributed by atoms with Crippen LogP contribution in [-0.4, -0.2) is 17.8 Å². The van der Waals surface area contributed by atoms with Crippen LogP contribution >= 0.6 is 0 Å². The number of amides is 2. The lowest BCUT2D eigenvalue weighted by molar-refractivity contribution is -0.782. The average Bonchev–Trinajstić information content (AvgIpc) is 3.31. The summed E-state index contributed by atoms with van der Waals surface area (Å²) in [5.41, 5.74) is 8.34. The average molecular weight is 482 g/mol. The Morgan fingerprint density at radius 2 is 1.69 bits per heavy atom. The Kier molecular flexibility index (Phi) is 7.11. The molecule has 10 heteroatoms. The number of hydrogen-bond acceptors (Lipinski definition) is 4. The summed E-state index contributed by atoms with van der Waals surface area (Å²) in [6.07, 6.45) is -2.45. The Hall–Kier alpha value is -4.18.